The van der Waals surface area contributed by atoms with Gasteiger partial charge < -0.3 is 14.5 Å². The Morgan fingerprint density at radius 1 is 1.24 bits per heavy atom. The van der Waals surface area contributed by atoms with E-state index in [1.165, 1.54) is 16.6 Å². The molecule has 1 aliphatic rings. The van der Waals surface area contributed by atoms with Gasteiger partial charge in [0.1, 0.15) is 20.1 Å². The first-order valence-corrected chi connectivity index (χ1v) is 7.70. The van der Waals surface area contributed by atoms with Crippen LogP contribution in [-0.4, -0.2) is 50.9 Å². The van der Waals surface area contributed by atoms with E-state index in [1.54, 1.807) is 0 Å². The minimum Gasteiger partial charge on any atom is -0.379 e. The quantitative estimate of drug-likeness (QED) is 0.682. The largest absolute Gasteiger partial charge is 0.379 e. The maximum absolute atomic E-state index is 5.45. The second kappa shape index (κ2) is 6.00. The number of nitrogens with one attached hydrogen (secondary N) is 1. The molecule has 0 amide bonds. The van der Waals surface area contributed by atoms with Gasteiger partial charge in [0, 0.05) is 23.2 Å². The first kappa shape index (κ1) is 14.3. The van der Waals surface area contributed by atoms with Gasteiger partial charge in [0.2, 0.25) is 5.52 Å². The van der Waals surface area contributed by atoms with E-state index < -0.39 is 0 Å². The van der Waals surface area contributed by atoms with Gasteiger partial charge in [0.25, 0.3) is 0 Å². The Hall–Kier alpha value is -1.65. The van der Waals surface area contributed by atoms with Crippen LogP contribution in [0.1, 0.15) is 0 Å². The van der Waals surface area contributed by atoms with Crippen LogP contribution >= 0.6 is 0 Å². The lowest BCUT2D eigenvalue weighted by Crippen LogP contribution is -2.53. The molecule has 112 valence electrons. The highest BCUT2D eigenvalue weighted by molar-refractivity contribution is 5.79. The number of likely N-dealkylation sites (N-methyl/N-ethyl adjacent to an activating group) is 1. The van der Waals surface area contributed by atoms with Crippen molar-refractivity contribution in [1.82, 2.24) is 0 Å². The molecule has 3 rings (SSSR count). The first-order chi connectivity index (χ1) is 10.2. The lowest BCUT2D eigenvalue weighted by Gasteiger charge is -2.37. The van der Waals surface area contributed by atoms with Crippen molar-refractivity contribution in [3.05, 3.63) is 36.5 Å². The van der Waals surface area contributed by atoms with Crippen LogP contribution in [0.5, 0.6) is 0 Å². The third-order valence-corrected chi connectivity index (χ3v) is 4.53. The number of anilines is 1. The van der Waals surface area contributed by atoms with Crippen LogP contribution in [0.2, 0.25) is 0 Å². The molecule has 0 unspecified atom stereocenters. The number of hydrogen-bond donors (Lipinski definition) is 1. The summed E-state index contributed by atoms with van der Waals surface area (Å²) in [4.78, 5) is 0. The lowest BCUT2D eigenvalue weighted by molar-refractivity contribution is -0.915. The number of aromatic nitrogens is 1. The molecule has 21 heavy (non-hydrogen) atoms. The van der Waals surface area contributed by atoms with Gasteiger partial charge in [-0.3, -0.25) is 0 Å². The Labute approximate surface area is 126 Å². The van der Waals surface area contributed by atoms with Crippen molar-refractivity contribution in [2.75, 3.05) is 51.8 Å². The fourth-order valence-corrected chi connectivity index (χ4v) is 2.93. The summed E-state index contributed by atoms with van der Waals surface area (Å²) < 4.78 is 8.72. The topological polar surface area (TPSA) is 25.1 Å². The first-order valence-electron chi connectivity index (χ1n) is 7.70. The van der Waals surface area contributed by atoms with Crippen LogP contribution in [0.4, 0.5) is 5.69 Å². The highest BCUT2D eigenvalue weighted by atomic mass is 16.5. The fourth-order valence-electron chi connectivity index (χ4n) is 2.93. The maximum atomic E-state index is 5.45. The average Bonchev–Trinajstić information content (AvgIpc) is 2.49. The van der Waals surface area contributed by atoms with Crippen LogP contribution in [0, 0.1) is 0 Å². The lowest BCUT2D eigenvalue weighted by atomic mass is 10.2. The molecule has 1 aromatic carbocycles. The summed E-state index contributed by atoms with van der Waals surface area (Å²) in [6.07, 6.45) is 2.09. The van der Waals surface area contributed by atoms with E-state index in [-0.39, 0.29) is 0 Å². The van der Waals surface area contributed by atoms with Crippen LogP contribution < -0.4 is 9.88 Å². The van der Waals surface area contributed by atoms with Crippen molar-refractivity contribution < 1.29 is 13.8 Å². The highest BCUT2D eigenvalue weighted by Crippen LogP contribution is 2.16. The number of quaternary nitrogens is 1. The zero-order valence-corrected chi connectivity index (χ0v) is 13.0. The van der Waals surface area contributed by atoms with Crippen molar-refractivity contribution in [2.45, 2.75) is 0 Å². The maximum Gasteiger partial charge on any atom is 0.214 e. The van der Waals surface area contributed by atoms with Crippen molar-refractivity contribution in [3.8, 4) is 0 Å². The Bertz CT molecular complexity index is 620. The number of ether oxygens (including phenoxy) is 1. The van der Waals surface area contributed by atoms with Crippen molar-refractivity contribution in [2.24, 2.45) is 7.05 Å². The Balaban J connectivity index is 1.64. The van der Waals surface area contributed by atoms with Gasteiger partial charge in [0.15, 0.2) is 6.20 Å². The molecule has 0 atom stereocenters. The van der Waals surface area contributed by atoms with Crippen LogP contribution in [0.25, 0.3) is 10.9 Å². The van der Waals surface area contributed by atoms with Gasteiger partial charge in [-0.15, -0.1) is 0 Å². The number of fused-ring (bicyclic) bond motifs is 1. The normalized spacial score (nSPS) is 17.8. The third kappa shape index (κ3) is 3.34. The minimum absolute atomic E-state index is 0.891. The van der Waals surface area contributed by atoms with E-state index in [9.17, 15) is 0 Å². The molecule has 1 N–H and O–H groups in total. The molecule has 1 fully saturated rings. The molecule has 0 saturated carbocycles. The van der Waals surface area contributed by atoms with E-state index in [0.717, 1.165) is 43.9 Å². The molecule has 2 aromatic rings. The second-order valence-electron chi connectivity index (χ2n) is 6.22. The van der Waals surface area contributed by atoms with Crippen LogP contribution in [-0.2, 0) is 11.8 Å². The molecule has 4 nitrogen and oxygen atoms in total. The zero-order chi connectivity index (χ0) is 14.7. The SMILES string of the molecule is C[n+]1cccc2ccc(NCC[N+]3(C)CCOCC3)cc21. The van der Waals surface area contributed by atoms with Crippen LogP contribution in [0.15, 0.2) is 36.5 Å². The number of benzene rings is 1. The number of aryl methyl sites for hydroxylation is 1. The fraction of sp³-hybridized carbons (Fsp3) is 0.471. The van der Waals surface area contributed by atoms with Crippen molar-refractivity contribution in [3.63, 3.8) is 0 Å². The van der Waals surface area contributed by atoms with Crippen molar-refractivity contribution >= 4 is 16.6 Å². The molecule has 0 radical (unpaired) electrons. The standard InChI is InChI=1S/C17H24N3O/c1-19-8-3-4-15-5-6-16(14-17(15)19)18-7-9-20(2)10-12-21-13-11-20/h3-6,8,14H,7,9-13H2,1-2H3/q+1/p+1. The average molecular weight is 287 g/mol. The van der Waals surface area contributed by atoms with E-state index in [1.807, 2.05) is 0 Å². The molecule has 1 aromatic heterocycles. The molecule has 4 heteroatoms. The molecule has 0 spiro atoms. The number of pyridine rings is 1. The van der Waals surface area contributed by atoms with E-state index in [2.05, 4.69) is 60.5 Å². The van der Waals surface area contributed by atoms with Crippen LogP contribution in [0.3, 0.4) is 0 Å². The summed E-state index contributed by atoms with van der Waals surface area (Å²) in [7, 11) is 4.41. The van der Waals surface area contributed by atoms with Gasteiger partial charge in [-0.05, 0) is 18.2 Å². The van der Waals surface area contributed by atoms with Gasteiger partial charge >= 0.3 is 0 Å². The summed E-state index contributed by atoms with van der Waals surface area (Å²) in [5, 5.41) is 4.84. The van der Waals surface area contributed by atoms with Gasteiger partial charge in [-0.1, -0.05) is 0 Å². The van der Waals surface area contributed by atoms with Gasteiger partial charge in [0.05, 0.1) is 33.4 Å². The predicted molar refractivity (Wildman–Crippen MR) is 85.2 cm³/mol. The number of hydrogen-bond acceptors (Lipinski definition) is 2. The molecular formula is C17H25N3O+2. The summed E-state index contributed by atoms with van der Waals surface area (Å²) in [6.45, 7) is 6.16. The summed E-state index contributed by atoms with van der Waals surface area (Å²) >= 11 is 0. The molecule has 0 aliphatic carbocycles. The van der Waals surface area contributed by atoms with Gasteiger partial charge in [-0.25, -0.2) is 4.57 Å². The molecule has 0 bridgehead atoms. The van der Waals surface area contributed by atoms with E-state index in [0.29, 0.717) is 0 Å². The van der Waals surface area contributed by atoms with Gasteiger partial charge in [-0.2, -0.15) is 0 Å². The molecule has 1 saturated heterocycles. The number of rotatable bonds is 4. The minimum atomic E-state index is 0.891. The molecular weight excluding hydrogens is 262 g/mol. The Kier molecular flexibility index (Phi) is 4.08. The zero-order valence-electron chi connectivity index (χ0n) is 13.0. The van der Waals surface area contributed by atoms with E-state index in [4.69, 9.17) is 4.74 Å². The predicted octanol–water partition coefficient (Wildman–Crippen LogP) is 1.55. The third-order valence-electron chi connectivity index (χ3n) is 4.53. The smallest absolute Gasteiger partial charge is 0.214 e. The Morgan fingerprint density at radius 3 is 2.86 bits per heavy atom. The second-order valence-corrected chi connectivity index (χ2v) is 6.22. The van der Waals surface area contributed by atoms with E-state index >= 15 is 0 Å². The van der Waals surface area contributed by atoms with Crippen molar-refractivity contribution in [1.29, 1.82) is 0 Å². The summed E-state index contributed by atoms with van der Waals surface area (Å²) in [5.74, 6) is 0. The number of morpholine rings is 1. The Morgan fingerprint density at radius 2 is 2.05 bits per heavy atom. The molecule has 2 heterocycles. The summed E-state index contributed by atoms with van der Waals surface area (Å²) in [5.41, 5.74) is 2.46. The molecule has 1 aliphatic heterocycles. The summed E-state index contributed by atoms with van der Waals surface area (Å²) in [6, 6.07) is 10.8. The monoisotopic (exact) mass is 287 g/mol. The number of nitrogens with zero attached hydrogens (tertiary/aromatic N) is 2. The highest BCUT2D eigenvalue weighted by Gasteiger charge is 2.24.